The molecule has 0 aromatic rings. The van der Waals surface area contributed by atoms with Crippen molar-refractivity contribution >= 4 is 23.7 Å². The van der Waals surface area contributed by atoms with E-state index >= 15 is 0 Å². The lowest BCUT2D eigenvalue weighted by molar-refractivity contribution is -0.201. The molecule has 0 spiro atoms. The van der Waals surface area contributed by atoms with Crippen LogP contribution >= 0.6 is 0 Å². The van der Waals surface area contributed by atoms with Crippen molar-refractivity contribution in [2.75, 3.05) is 13.1 Å². The number of nitrogens with zero attached hydrogens (tertiary/aromatic N) is 2. The summed E-state index contributed by atoms with van der Waals surface area (Å²) in [5.74, 6) is -1.23. The first-order valence-corrected chi connectivity index (χ1v) is 8.07. The van der Waals surface area contributed by atoms with Crippen LogP contribution in [-0.4, -0.2) is 46.7 Å². The molecule has 1 saturated heterocycles. The molecule has 1 aliphatic carbocycles. The number of hydrogen-bond acceptors (Lipinski definition) is 5. The number of hydrogen-bond donors (Lipinski definition) is 0. The molecule has 0 aromatic carbocycles. The van der Waals surface area contributed by atoms with Gasteiger partial charge in [-0.2, -0.15) is 0 Å². The van der Waals surface area contributed by atoms with Crippen LogP contribution in [0.1, 0.15) is 38.5 Å². The van der Waals surface area contributed by atoms with Crippen molar-refractivity contribution in [3.63, 3.8) is 0 Å². The molecule has 2 fully saturated rings. The van der Waals surface area contributed by atoms with Crippen LogP contribution in [-0.2, 0) is 24.0 Å². The summed E-state index contributed by atoms with van der Waals surface area (Å²) < 4.78 is 0. The van der Waals surface area contributed by atoms with E-state index in [1.54, 1.807) is 6.08 Å². The molecule has 124 valence electrons. The number of carbonyl (C=O) groups excluding carboxylic acids is 4. The third-order valence-electron chi connectivity index (χ3n) is 4.74. The van der Waals surface area contributed by atoms with Gasteiger partial charge >= 0.3 is 5.97 Å². The van der Waals surface area contributed by atoms with Gasteiger partial charge in [-0.3, -0.25) is 14.4 Å². The van der Waals surface area contributed by atoms with E-state index in [0.717, 1.165) is 19.4 Å². The van der Waals surface area contributed by atoms with Gasteiger partial charge in [-0.15, -0.1) is 5.06 Å². The predicted molar refractivity (Wildman–Crippen MR) is 78.3 cm³/mol. The van der Waals surface area contributed by atoms with E-state index in [0.29, 0.717) is 30.4 Å². The number of imide groups is 1. The predicted octanol–water partition coefficient (Wildman–Crippen LogP) is 0.798. The first-order chi connectivity index (χ1) is 11.0. The van der Waals surface area contributed by atoms with Crippen molar-refractivity contribution in [3.8, 4) is 0 Å². The van der Waals surface area contributed by atoms with Crippen molar-refractivity contribution in [1.29, 1.82) is 0 Å². The fourth-order valence-electron chi connectivity index (χ4n) is 3.36. The Kier molecular flexibility index (Phi) is 4.45. The molecular weight excluding hydrogens is 300 g/mol. The zero-order valence-electron chi connectivity index (χ0n) is 12.9. The molecule has 7 nitrogen and oxygen atoms in total. The highest BCUT2D eigenvalue weighted by Crippen LogP contribution is 2.31. The molecule has 0 radical (unpaired) electrons. The van der Waals surface area contributed by atoms with E-state index in [9.17, 15) is 19.2 Å². The van der Waals surface area contributed by atoms with Gasteiger partial charge in [-0.1, -0.05) is 6.08 Å². The van der Waals surface area contributed by atoms with E-state index in [1.807, 2.05) is 11.0 Å². The Morgan fingerprint density at radius 3 is 2.30 bits per heavy atom. The summed E-state index contributed by atoms with van der Waals surface area (Å²) in [4.78, 5) is 53.4. The SMILES string of the molecule is O=C(ON1C(=O)CCC1=O)C1CCC(CN2CC=CC2=O)CC1. The number of carbonyl (C=O) groups is 4. The summed E-state index contributed by atoms with van der Waals surface area (Å²) in [6, 6.07) is 0. The molecule has 0 atom stereocenters. The number of amides is 3. The normalized spacial score (nSPS) is 27.9. The molecule has 23 heavy (non-hydrogen) atoms. The Balaban J connectivity index is 1.45. The van der Waals surface area contributed by atoms with Crippen LogP contribution in [0.5, 0.6) is 0 Å². The number of rotatable bonds is 4. The van der Waals surface area contributed by atoms with E-state index in [-0.39, 0.29) is 24.7 Å². The van der Waals surface area contributed by atoms with Gasteiger partial charge in [0.15, 0.2) is 0 Å². The average molecular weight is 320 g/mol. The maximum Gasteiger partial charge on any atom is 0.336 e. The molecule has 3 amide bonds. The third kappa shape index (κ3) is 3.43. The lowest BCUT2D eigenvalue weighted by Gasteiger charge is -2.30. The lowest BCUT2D eigenvalue weighted by Crippen LogP contribution is -2.37. The van der Waals surface area contributed by atoms with Gasteiger partial charge in [0, 0.05) is 32.0 Å². The minimum Gasteiger partial charge on any atom is -0.335 e. The van der Waals surface area contributed by atoms with Crippen molar-refractivity contribution in [2.45, 2.75) is 38.5 Å². The van der Waals surface area contributed by atoms with Crippen LogP contribution < -0.4 is 0 Å². The van der Waals surface area contributed by atoms with Gasteiger partial charge < -0.3 is 9.74 Å². The second-order valence-corrected chi connectivity index (χ2v) is 6.36. The van der Waals surface area contributed by atoms with Gasteiger partial charge in [0.1, 0.15) is 0 Å². The van der Waals surface area contributed by atoms with Crippen LogP contribution in [0, 0.1) is 11.8 Å². The molecule has 1 saturated carbocycles. The molecule has 0 aromatic heterocycles. The van der Waals surface area contributed by atoms with Crippen molar-refractivity contribution in [3.05, 3.63) is 12.2 Å². The smallest absolute Gasteiger partial charge is 0.335 e. The highest BCUT2D eigenvalue weighted by atomic mass is 16.7. The summed E-state index contributed by atoms with van der Waals surface area (Å²) in [6.07, 6.45) is 6.66. The van der Waals surface area contributed by atoms with Gasteiger partial charge in [-0.05, 0) is 31.6 Å². The molecule has 0 N–H and O–H groups in total. The monoisotopic (exact) mass is 320 g/mol. The van der Waals surface area contributed by atoms with Crippen LogP contribution in [0.3, 0.4) is 0 Å². The van der Waals surface area contributed by atoms with Crippen LogP contribution in [0.15, 0.2) is 12.2 Å². The summed E-state index contributed by atoms with van der Waals surface area (Å²) >= 11 is 0. The average Bonchev–Trinajstić information content (AvgIpc) is 3.08. The third-order valence-corrected chi connectivity index (χ3v) is 4.74. The lowest BCUT2D eigenvalue weighted by atomic mass is 9.82. The van der Waals surface area contributed by atoms with Gasteiger partial charge in [0.25, 0.3) is 11.8 Å². The Hall–Kier alpha value is -2.18. The van der Waals surface area contributed by atoms with Gasteiger partial charge in [-0.25, -0.2) is 4.79 Å². The standard InChI is InChI=1S/C16H20N2O5/c19-13-2-1-9-17(13)10-11-3-5-12(6-4-11)16(22)23-18-14(20)7-8-15(18)21/h1-2,11-12H,3-10H2. The van der Waals surface area contributed by atoms with Crippen molar-refractivity contribution < 1.29 is 24.0 Å². The molecule has 2 aliphatic heterocycles. The molecule has 3 rings (SSSR count). The quantitative estimate of drug-likeness (QED) is 0.715. The van der Waals surface area contributed by atoms with E-state index in [1.165, 1.54) is 0 Å². The highest BCUT2D eigenvalue weighted by Gasteiger charge is 2.36. The minimum absolute atomic E-state index is 0.0533. The molecule has 0 unspecified atom stereocenters. The molecular formula is C16H20N2O5. The Morgan fingerprint density at radius 2 is 1.74 bits per heavy atom. The minimum atomic E-state index is -0.494. The largest absolute Gasteiger partial charge is 0.336 e. The van der Waals surface area contributed by atoms with Gasteiger partial charge in [0.2, 0.25) is 5.91 Å². The topological polar surface area (TPSA) is 84.0 Å². The van der Waals surface area contributed by atoms with Crippen LogP contribution in [0.2, 0.25) is 0 Å². The Labute approximate surface area is 134 Å². The summed E-state index contributed by atoms with van der Waals surface area (Å²) in [7, 11) is 0. The molecule has 7 heteroatoms. The second kappa shape index (κ2) is 6.52. The van der Waals surface area contributed by atoms with E-state index in [4.69, 9.17) is 4.84 Å². The fraction of sp³-hybridized carbons (Fsp3) is 0.625. The maximum atomic E-state index is 12.1. The highest BCUT2D eigenvalue weighted by molar-refractivity contribution is 6.01. The molecule has 3 aliphatic rings. The first-order valence-electron chi connectivity index (χ1n) is 8.07. The first kappa shape index (κ1) is 15.7. The van der Waals surface area contributed by atoms with Crippen LogP contribution in [0.4, 0.5) is 0 Å². The fourth-order valence-corrected chi connectivity index (χ4v) is 3.36. The number of hydroxylamine groups is 2. The molecule has 2 heterocycles. The van der Waals surface area contributed by atoms with Crippen molar-refractivity contribution in [1.82, 2.24) is 9.96 Å². The van der Waals surface area contributed by atoms with Gasteiger partial charge in [0.05, 0.1) is 5.92 Å². The Bertz CT molecular complexity index is 547. The maximum absolute atomic E-state index is 12.1. The zero-order chi connectivity index (χ0) is 16.4. The summed E-state index contributed by atoms with van der Waals surface area (Å²) in [5, 5.41) is 0.614. The summed E-state index contributed by atoms with van der Waals surface area (Å²) in [6.45, 7) is 1.39. The second-order valence-electron chi connectivity index (χ2n) is 6.36. The van der Waals surface area contributed by atoms with E-state index in [2.05, 4.69) is 0 Å². The zero-order valence-corrected chi connectivity index (χ0v) is 12.9. The Morgan fingerprint density at radius 1 is 1.09 bits per heavy atom. The van der Waals surface area contributed by atoms with E-state index < -0.39 is 17.8 Å². The summed E-state index contributed by atoms with van der Waals surface area (Å²) in [5.41, 5.74) is 0. The van der Waals surface area contributed by atoms with Crippen LogP contribution in [0.25, 0.3) is 0 Å². The molecule has 0 bridgehead atoms. The van der Waals surface area contributed by atoms with Crippen molar-refractivity contribution in [2.24, 2.45) is 11.8 Å².